The number of ether oxygens (including phenoxy) is 1. The normalized spacial score (nSPS) is 10.3. The fourth-order valence-corrected chi connectivity index (χ4v) is 3.15. The smallest absolute Gasteiger partial charge is 0.270 e. The highest BCUT2D eigenvalue weighted by molar-refractivity contribution is 7.17. The van der Waals surface area contributed by atoms with Crippen LogP contribution in [0.3, 0.4) is 0 Å². The summed E-state index contributed by atoms with van der Waals surface area (Å²) in [5, 5.41) is 7.19. The number of anilines is 1. The monoisotopic (exact) mass is 353 g/mol. The molecule has 1 amide bonds. The predicted octanol–water partition coefficient (Wildman–Crippen LogP) is 2.53. The number of carbonyl (C=O) groups is 1. The zero-order valence-electron chi connectivity index (χ0n) is 13.7. The fourth-order valence-electron chi connectivity index (χ4n) is 2.17. The van der Waals surface area contributed by atoms with Crippen LogP contribution in [0.2, 0.25) is 0 Å². The number of aromatic nitrogens is 4. The minimum atomic E-state index is -0.141. The molecule has 3 aromatic rings. The van der Waals surface area contributed by atoms with Gasteiger partial charge in [-0.25, -0.2) is 9.97 Å². The Hall–Kier alpha value is -3.18. The van der Waals surface area contributed by atoms with Gasteiger partial charge in [0, 0.05) is 12.7 Å². The maximum atomic E-state index is 12.8. The molecular formula is C17H15N5O2S. The lowest BCUT2D eigenvalue weighted by Gasteiger charge is -2.17. The van der Waals surface area contributed by atoms with Gasteiger partial charge in [0.2, 0.25) is 0 Å². The van der Waals surface area contributed by atoms with Crippen LogP contribution in [0.5, 0.6) is 5.75 Å². The second-order valence-corrected chi connectivity index (χ2v) is 6.12. The van der Waals surface area contributed by atoms with Gasteiger partial charge >= 0.3 is 0 Å². The molecular weight excluding hydrogens is 338 g/mol. The molecule has 0 fully saturated rings. The third-order valence-electron chi connectivity index (χ3n) is 3.46. The number of rotatable bonds is 5. The summed E-state index contributed by atoms with van der Waals surface area (Å²) < 4.78 is 5.33. The summed E-state index contributed by atoms with van der Waals surface area (Å²) >= 11 is 1.28. The Bertz CT molecular complexity index is 910. The van der Waals surface area contributed by atoms with Gasteiger partial charge in [0.05, 0.1) is 5.69 Å². The first kappa shape index (κ1) is 16.7. The highest BCUT2D eigenvalue weighted by atomic mass is 32.1. The molecule has 0 atom stereocenters. The number of nitrogens with one attached hydrogen (secondary N) is 1. The van der Waals surface area contributed by atoms with Crippen LogP contribution in [0.15, 0.2) is 30.6 Å². The molecule has 0 aliphatic carbocycles. The molecule has 0 aliphatic rings. The van der Waals surface area contributed by atoms with Crippen molar-refractivity contribution >= 4 is 22.9 Å². The molecule has 0 radical (unpaired) electrons. The molecule has 2 heterocycles. The first-order valence-electron chi connectivity index (χ1n) is 7.37. The number of terminal acetylenes is 1. The number of amides is 1. The zero-order chi connectivity index (χ0) is 17.8. The third-order valence-corrected chi connectivity index (χ3v) is 4.61. The van der Waals surface area contributed by atoms with Crippen molar-refractivity contribution in [2.75, 3.05) is 18.6 Å². The van der Waals surface area contributed by atoms with Crippen LogP contribution >= 0.6 is 11.3 Å². The van der Waals surface area contributed by atoms with Crippen molar-refractivity contribution in [3.8, 4) is 28.9 Å². The van der Waals surface area contributed by atoms with E-state index in [4.69, 9.17) is 11.2 Å². The number of aryl methyl sites for hydroxylation is 1. The summed E-state index contributed by atoms with van der Waals surface area (Å²) in [6.07, 6.45) is 6.57. The van der Waals surface area contributed by atoms with E-state index in [0.29, 0.717) is 27.2 Å². The van der Waals surface area contributed by atoms with Crippen LogP contribution in [-0.4, -0.2) is 39.7 Å². The Labute approximate surface area is 148 Å². The first-order chi connectivity index (χ1) is 12.1. The lowest BCUT2D eigenvalue weighted by atomic mass is 10.2. The summed E-state index contributed by atoms with van der Waals surface area (Å²) in [5.41, 5.74) is 1.40. The lowest BCUT2D eigenvalue weighted by Crippen LogP contribution is -2.25. The van der Waals surface area contributed by atoms with Crippen LogP contribution < -0.4 is 9.64 Å². The highest BCUT2D eigenvalue weighted by Gasteiger charge is 2.21. The second-order valence-electron chi connectivity index (χ2n) is 5.12. The van der Waals surface area contributed by atoms with E-state index in [-0.39, 0.29) is 12.5 Å². The Morgan fingerprint density at radius 1 is 1.40 bits per heavy atom. The van der Waals surface area contributed by atoms with E-state index in [0.717, 1.165) is 5.69 Å². The van der Waals surface area contributed by atoms with Gasteiger partial charge in [0.25, 0.3) is 5.91 Å². The van der Waals surface area contributed by atoms with Gasteiger partial charge in [-0.3, -0.25) is 9.89 Å². The van der Waals surface area contributed by atoms with Gasteiger partial charge in [-0.05, 0) is 31.2 Å². The average molecular weight is 353 g/mol. The SMILES string of the molecule is C#CCOc1ccc(N(C)C(=O)c2sc(-c3ncn[nH]3)nc2C)cc1. The molecule has 8 heteroatoms. The molecule has 0 unspecified atom stereocenters. The minimum Gasteiger partial charge on any atom is -0.481 e. The molecule has 126 valence electrons. The predicted molar refractivity (Wildman–Crippen MR) is 95.7 cm³/mol. The molecule has 7 nitrogen and oxygen atoms in total. The summed E-state index contributed by atoms with van der Waals surface area (Å²) in [7, 11) is 1.72. The standard InChI is InChI=1S/C17H15N5O2S/c1-4-9-24-13-7-5-12(6-8-13)22(3)17(23)14-11(2)20-16(25-14)15-18-10-19-21-15/h1,5-8,10H,9H2,2-3H3,(H,18,19,21). The number of nitrogens with zero attached hydrogens (tertiary/aromatic N) is 4. The molecule has 0 saturated heterocycles. The number of benzene rings is 1. The van der Waals surface area contributed by atoms with E-state index < -0.39 is 0 Å². The molecule has 0 saturated carbocycles. The van der Waals surface area contributed by atoms with Crippen LogP contribution in [0, 0.1) is 19.3 Å². The molecule has 3 rings (SSSR count). The van der Waals surface area contributed by atoms with Crippen molar-refractivity contribution in [1.82, 2.24) is 20.2 Å². The van der Waals surface area contributed by atoms with Crippen molar-refractivity contribution < 1.29 is 9.53 Å². The summed E-state index contributed by atoms with van der Waals surface area (Å²) in [4.78, 5) is 23.4. The van der Waals surface area contributed by atoms with Crippen LogP contribution in [-0.2, 0) is 0 Å². The van der Waals surface area contributed by atoms with Gasteiger partial charge in [-0.2, -0.15) is 5.10 Å². The van der Waals surface area contributed by atoms with Gasteiger partial charge in [-0.15, -0.1) is 17.8 Å². The quantitative estimate of drug-likeness (QED) is 0.713. The van der Waals surface area contributed by atoms with Gasteiger partial charge < -0.3 is 9.64 Å². The average Bonchev–Trinajstić information content (AvgIpc) is 3.28. The topological polar surface area (TPSA) is 84.0 Å². The number of carbonyl (C=O) groups excluding carboxylic acids is 1. The third kappa shape index (κ3) is 3.51. The molecule has 25 heavy (non-hydrogen) atoms. The Morgan fingerprint density at radius 3 is 2.80 bits per heavy atom. The van der Waals surface area contributed by atoms with Crippen molar-refractivity contribution in [3.05, 3.63) is 41.2 Å². The Morgan fingerprint density at radius 2 is 2.16 bits per heavy atom. The van der Waals surface area contributed by atoms with Gasteiger partial charge in [0.1, 0.15) is 23.6 Å². The molecule has 0 bridgehead atoms. The van der Waals surface area contributed by atoms with E-state index in [1.165, 1.54) is 17.7 Å². The van der Waals surface area contributed by atoms with E-state index in [1.54, 1.807) is 43.1 Å². The molecule has 2 aromatic heterocycles. The number of hydrogen-bond acceptors (Lipinski definition) is 6. The molecule has 0 aliphatic heterocycles. The van der Waals surface area contributed by atoms with Crippen molar-refractivity contribution in [1.29, 1.82) is 0 Å². The van der Waals surface area contributed by atoms with Gasteiger partial charge in [0.15, 0.2) is 10.8 Å². The van der Waals surface area contributed by atoms with Crippen molar-refractivity contribution in [2.45, 2.75) is 6.92 Å². The summed E-state index contributed by atoms with van der Waals surface area (Å²) in [6, 6.07) is 7.15. The number of H-pyrrole nitrogens is 1. The van der Waals surface area contributed by atoms with Crippen LogP contribution in [0.1, 0.15) is 15.4 Å². The Kier molecular flexibility index (Phi) is 4.77. The fraction of sp³-hybridized carbons (Fsp3) is 0.176. The van der Waals surface area contributed by atoms with E-state index in [9.17, 15) is 4.79 Å². The maximum absolute atomic E-state index is 12.8. The largest absolute Gasteiger partial charge is 0.481 e. The zero-order valence-corrected chi connectivity index (χ0v) is 14.5. The first-order valence-corrected chi connectivity index (χ1v) is 8.19. The molecule has 1 aromatic carbocycles. The highest BCUT2D eigenvalue weighted by Crippen LogP contribution is 2.28. The van der Waals surface area contributed by atoms with E-state index >= 15 is 0 Å². The van der Waals surface area contributed by atoms with E-state index in [1.807, 2.05) is 0 Å². The number of thiazole rings is 1. The summed E-state index contributed by atoms with van der Waals surface area (Å²) in [5.74, 6) is 3.47. The molecule has 0 spiro atoms. The lowest BCUT2D eigenvalue weighted by molar-refractivity contribution is 0.0996. The molecule has 1 N–H and O–H groups in total. The van der Waals surface area contributed by atoms with Crippen LogP contribution in [0.25, 0.3) is 10.8 Å². The number of aromatic amines is 1. The summed E-state index contributed by atoms with van der Waals surface area (Å²) in [6.45, 7) is 2.01. The maximum Gasteiger partial charge on any atom is 0.270 e. The van der Waals surface area contributed by atoms with Crippen molar-refractivity contribution in [2.24, 2.45) is 0 Å². The van der Waals surface area contributed by atoms with E-state index in [2.05, 4.69) is 26.1 Å². The van der Waals surface area contributed by atoms with Crippen LogP contribution in [0.4, 0.5) is 5.69 Å². The number of hydrogen-bond donors (Lipinski definition) is 1. The van der Waals surface area contributed by atoms with Crippen molar-refractivity contribution in [3.63, 3.8) is 0 Å². The minimum absolute atomic E-state index is 0.141. The second kappa shape index (κ2) is 7.15. The Balaban J connectivity index is 1.80. The van der Waals surface area contributed by atoms with Gasteiger partial charge in [-0.1, -0.05) is 5.92 Å².